The summed E-state index contributed by atoms with van der Waals surface area (Å²) in [5, 5.41) is 10.9. The number of hydrogen-bond acceptors (Lipinski definition) is 3. The van der Waals surface area contributed by atoms with Gasteiger partial charge in [-0.05, 0) is 34.9 Å². The van der Waals surface area contributed by atoms with Crippen molar-refractivity contribution in [2.45, 2.75) is 12.6 Å². The minimum absolute atomic E-state index is 0.216. The van der Waals surface area contributed by atoms with Gasteiger partial charge in [-0.15, -0.1) is 0 Å². The van der Waals surface area contributed by atoms with Crippen LogP contribution in [0.3, 0.4) is 0 Å². The molecule has 5 heteroatoms. The van der Waals surface area contributed by atoms with Gasteiger partial charge in [-0.2, -0.15) is 0 Å². The van der Waals surface area contributed by atoms with Gasteiger partial charge in [-0.25, -0.2) is 0 Å². The molecule has 1 N–H and O–H groups in total. The van der Waals surface area contributed by atoms with E-state index in [2.05, 4.69) is 15.9 Å². The van der Waals surface area contributed by atoms with Crippen LogP contribution in [-0.4, -0.2) is 23.0 Å². The zero-order chi connectivity index (χ0) is 20.4. The highest BCUT2D eigenvalue weighted by molar-refractivity contribution is 9.10. The Morgan fingerprint density at radius 2 is 1.62 bits per heavy atom. The zero-order valence-corrected chi connectivity index (χ0v) is 17.5. The van der Waals surface area contributed by atoms with Crippen LogP contribution in [-0.2, 0) is 11.3 Å². The van der Waals surface area contributed by atoms with E-state index in [1.54, 1.807) is 12.0 Å². The Morgan fingerprint density at radius 1 is 0.966 bits per heavy atom. The lowest BCUT2D eigenvalue weighted by Gasteiger charge is -2.28. The van der Waals surface area contributed by atoms with Gasteiger partial charge in [0.2, 0.25) is 0 Å². The first-order valence-electron chi connectivity index (χ1n) is 9.27. The Labute approximate surface area is 178 Å². The monoisotopic (exact) mass is 449 g/mol. The first-order valence-corrected chi connectivity index (χ1v) is 10.1. The van der Waals surface area contributed by atoms with Gasteiger partial charge in [0, 0.05) is 16.6 Å². The molecule has 0 saturated carbocycles. The molecule has 0 saturated heterocycles. The Balaban J connectivity index is 1.83. The predicted octanol–water partition coefficient (Wildman–Crippen LogP) is 5.51. The van der Waals surface area contributed by atoms with E-state index >= 15 is 0 Å². The number of amides is 1. The van der Waals surface area contributed by atoms with Crippen LogP contribution < -0.4 is 4.74 Å². The molecule has 4 nitrogen and oxygen atoms in total. The molecule has 1 atom stereocenters. The van der Waals surface area contributed by atoms with Gasteiger partial charge in [-0.3, -0.25) is 4.79 Å². The van der Waals surface area contributed by atoms with Crippen molar-refractivity contribution < 1.29 is 14.6 Å². The lowest BCUT2D eigenvalue weighted by atomic mass is 9.93. The molecule has 0 fully saturated rings. The number of ether oxygens (including phenoxy) is 1. The second-order valence-electron chi connectivity index (χ2n) is 6.83. The predicted molar refractivity (Wildman–Crippen MR) is 116 cm³/mol. The van der Waals surface area contributed by atoms with E-state index in [1.165, 1.54) is 0 Å². The number of nitrogens with zero attached hydrogens (tertiary/aromatic N) is 1. The summed E-state index contributed by atoms with van der Waals surface area (Å²) in [7, 11) is 1.61. The number of rotatable bonds is 5. The van der Waals surface area contributed by atoms with Crippen molar-refractivity contribution in [3.8, 4) is 5.75 Å². The van der Waals surface area contributed by atoms with E-state index < -0.39 is 6.04 Å². The van der Waals surface area contributed by atoms with Crippen LogP contribution in [0.25, 0.3) is 5.57 Å². The third kappa shape index (κ3) is 3.66. The highest BCUT2D eigenvalue weighted by Gasteiger charge is 2.41. The van der Waals surface area contributed by atoms with Crippen molar-refractivity contribution in [1.82, 2.24) is 4.90 Å². The summed E-state index contributed by atoms with van der Waals surface area (Å²) in [6, 6.07) is 24.6. The highest BCUT2D eigenvalue weighted by Crippen LogP contribution is 2.45. The van der Waals surface area contributed by atoms with Crippen LogP contribution >= 0.6 is 15.9 Å². The lowest BCUT2D eigenvalue weighted by Crippen LogP contribution is -2.30. The van der Waals surface area contributed by atoms with E-state index in [9.17, 15) is 9.90 Å². The SMILES string of the molecule is COc1ccc(C2=C(O)C(=O)N(Cc3ccccc3)[C@@H]2c2ccccc2Br)cc1. The van der Waals surface area contributed by atoms with Crippen LogP contribution in [0, 0.1) is 0 Å². The van der Waals surface area contributed by atoms with Crippen LogP contribution in [0.2, 0.25) is 0 Å². The molecule has 0 bridgehead atoms. The molecule has 0 radical (unpaired) electrons. The summed E-state index contributed by atoms with van der Waals surface area (Å²) in [6.45, 7) is 0.398. The van der Waals surface area contributed by atoms with Gasteiger partial charge >= 0.3 is 0 Å². The quantitative estimate of drug-likeness (QED) is 0.558. The number of halogens is 1. The summed E-state index contributed by atoms with van der Waals surface area (Å²) >= 11 is 3.62. The largest absolute Gasteiger partial charge is 0.503 e. The number of carbonyl (C=O) groups is 1. The summed E-state index contributed by atoms with van der Waals surface area (Å²) in [5.41, 5.74) is 3.31. The molecule has 1 aliphatic rings. The van der Waals surface area contributed by atoms with Crippen molar-refractivity contribution >= 4 is 27.4 Å². The molecule has 3 aromatic carbocycles. The molecule has 0 spiro atoms. The van der Waals surface area contributed by atoms with E-state index in [-0.39, 0.29) is 11.7 Å². The van der Waals surface area contributed by atoms with Crippen molar-refractivity contribution in [2.75, 3.05) is 7.11 Å². The van der Waals surface area contributed by atoms with Crippen LogP contribution in [0.1, 0.15) is 22.7 Å². The van der Waals surface area contributed by atoms with E-state index in [1.807, 2.05) is 78.9 Å². The molecule has 4 rings (SSSR count). The summed E-state index contributed by atoms with van der Waals surface area (Å²) in [6.07, 6.45) is 0. The number of hydrogen-bond donors (Lipinski definition) is 1. The van der Waals surface area contributed by atoms with Gasteiger partial charge in [-0.1, -0.05) is 76.6 Å². The van der Waals surface area contributed by atoms with Crippen LogP contribution in [0.5, 0.6) is 5.75 Å². The summed E-state index contributed by atoms with van der Waals surface area (Å²) < 4.78 is 6.13. The third-order valence-corrected chi connectivity index (χ3v) is 5.82. The minimum Gasteiger partial charge on any atom is -0.503 e. The topological polar surface area (TPSA) is 49.8 Å². The van der Waals surface area contributed by atoms with E-state index in [0.717, 1.165) is 26.9 Å². The van der Waals surface area contributed by atoms with Crippen LogP contribution in [0.15, 0.2) is 89.1 Å². The lowest BCUT2D eigenvalue weighted by molar-refractivity contribution is -0.130. The number of aliphatic hydroxyl groups is 1. The van der Waals surface area contributed by atoms with Crippen molar-refractivity contribution in [3.63, 3.8) is 0 Å². The molecule has 0 aliphatic carbocycles. The zero-order valence-electron chi connectivity index (χ0n) is 15.9. The number of benzene rings is 3. The summed E-state index contributed by atoms with van der Waals surface area (Å²) in [4.78, 5) is 14.8. The molecule has 0 aromatic heterocycles. The highest BCUT2D eigenvalue weighted by atomic mass is 79.9. The first-order chi connectivity index (χ1) is 14.1. The number of methoxy groups -OCH3 is 1. The van der Waals surface area contributed by atoms with Crippen LogP contribution in [0.4, 0.5) is 0 Å². The molecule has 1 heterocycles. The van der Waals surface area contributed by atoms with Gasteiger partial charge < -0.3 is 14.7 Å². The van der Waals surface area contributed by atoms with Gasteiger partial charge in [0.05, 0.1) is 13.2 Å². The van der Waals surface area contributed by atoms with Crippen molar-refractivity contribution in [1.29, 1.82) is 0 Å². The second-order valence-corrected chi connectivity index (χ2v) is 7.69. The Hall–Kier alpha value is -3.05. The first kappa shape index (κ1) is 19.3. The molecule has 29 heavy (non-hydrogen) atoms. The smallest absolute Gasteiger partial charge is 0.290 e. The van der Waals surface area contributed by atoms with Crippen molar-refractivity contribution in [3.05, 3.63) is 106 Å². The van der Waals surface area contributed by atoms with E-state index in [0.29, 0.717) is 12.1 Å². The molecule has 1 aliphatic heterocycles. The normalized spacial score (nSPS) is 16.4. The van der Waals surface area contributed by atoms with Gasteiger partial charge in [0.15, 0.2) is 5.76 Å². The average Bonchev–Trinajstić information content (AvgIpc) is 3.00. The number of aliphatic hydroxyl groups excluding tert-OH is 1. The molecule has 1 amide bonds. The van der Waals surface area contributed by atoms with Gasteiger partial charge in [0.1, 0.15) is 5.75 Å². The minimum atomic E-state index is -0.410. The average molecular weight is 450 g/mol. The number of carbonyl (C=O) groups excluding carboxylic acids is 1. The molecule has 146 valence electrons. The Morgan fingerprint density at radius 3 is 2.28 bits per heavy atom. The standard InChI is InChI=1S/C24H20BrNO3/c1-29-18-13-11-17(12-14-18)21-22(19-9-5-6-10-20(19)25)26(24(28)23(21)27)15-16-7-3-2-4-8-16/h2-14,22,27H,15H2,1H3/t22-/m1/s1. The maximum Gasteiger partial charge on any atom is 0.290 e. The second kappa shape index (κ2) is 8.13. The fraction of sp³-hybridized carbons (Fsp3) is 0.125. The molecule has 0 unspecified atom stereocenters. The fourth-order valence-electron chi connectivity index (χ4n) is 3.68. The maximum absolute atomic E-state index is 13.1. The molecular weight excluding hydrogens is 430 g/mol. The third-order valence-electron chi connectivity index (χ3n) is 5.10. The Bertz CT molecular complexity index is 1060. The summed E-state index contributed by atoms with van der Waals surface area (Å²) in [5.74, 6) is 0.129. The molecular formula is C24H20BrNO3. The molecule has 3 aromatic rings. The fourth-order valence-corrected chi connectivity index (χ4v) is 4.18. The maximum atomic E-state index is 13.1. The van der Waals surface area contributed by atoms with Gasteiger partial charge in [0.25, 0.3) is 5.91 Å². The van der Waals surface area contributed by atoms with Crippen molar-refractivity contribution in [2.24, 2.45) is 0 Å². The van der Waals surface area contributed by atoms with E-state index in [4.69, 9.17) is 4.74 Å². The Kier molecular flexibility index (Phi) is 5.41.